The van der Waals surface area contributed by atoms with Crippen LogP contribution in [-0.2, 0) is 14.3 Å². The Morgan fingerprint density at radius 1 is 1.50 bits per heavy atom. The van der Waals surface area contributed by atoms with Crippen LogP contribution in [0.5, 0.6) is 0 Å². The Morgan fingerprint density at radius 3 is 2.57 bits per heavy atom. The van der Waals surface area contributed by atoms with Crippen molar-refractivity contribution in [2.45, 2.75) is 39.9 Å². The van der Waals surface area contributed by atoms with Gasteiger partial charge in [-0.1, -0.05) is 20.8 Å². The van der Waals surface area contributed by atoms with Crippen LogP contribution in [0.25, 0.3) is 0 Å². The fourth-order valence-corrected chi connectivity index (χ4v) is 1.33. The van der Waals surface area contributed by atoms with Crippen LogP contribution in [-0.4, -0.2) is 24.8 Å². The molecule has 0 N–H and O–H groups in total. The van der Waals surface area contributed by atoms with Crippen molar-refractivity contribution in [2.75, 3.05) is 6.61 Å². The van der Waals surface area contributed by atoms with Crippen molar-refractivity contribution in [1.29, 1.82) is 0 Å². The van der Waals surface area contributed by atoms with E-state index in [2.05, 4.69) is 20.8 Å². The number of carbonyl (C=O) groups excluding carboxylic acids is 1. The molecule has 1 saturated heterocycles. The first-order chi connectivity index (χ1) is 6.45. The lowest BCUT2D eigenvalue weighted by molar-refractivity contribution is -0.137. The van der Waals surface area contributed by atoms with Crippen molar-refractivity contribution in [1.82, 2.24) is 0 Å². The zero-order valence-corrected chi connectivity index (χ0v) is 9.24. The first-order valence-corrected chi connectivity index (χ1v) is 4.95. The molecule has 1 aliphatic heterocycles. The van der Waals surface area contributed by atoms with E-state index in [1.165, 1.54) is 6.08 Å². The van der Waals surface area contributed by atoms with E-state index in [9.17, 15) is 4.79 Å². The predicted octanol–water partition coefficient (Wildman–Crippen LogP) is 1.92. The summed E-state index contributed by atoms with van der Waals surface area (Å²) in [7, 11) is 0. The summed E-state index contributed by atoms with van der Waals surface area (Å²) < 4.78 is 10.2. The van der Waals surface area contributed by atoms with Gasteiger partial charge >= 0.3 is 5.97 Å². The van der Waals surface area contributed by atoms with E-state index in [4.69, 9.17) is 9.47 Å². The lowest BCUT2D eigenvalue weighted by Crippen LogP contribution is -2.15. The van der Waals surface area contributed by atoms with Crippen LogP contribution in [0.2, 0.25) is 0 Å². The Bertz CT molecular complexity index is 237. The van der Waals surface area contributed by atoms with E-state index in [1.807, 2.05) is 0 Å². The SMILES string of the molecule is CCOC(=O)/C=C/C1OC1C(C)(C)C. The van der Waals surface area contributed by atoms with Gasteiger partial charge in [0, 0.05) is 6.08 Å². The van der Waals surface area contributed by atoms with Gasteiger partial charge in [0.2, 0.25) is 0 Å². The lowest BCUT2D eigenvalue weighted by atomic mass is 9.90. The topological polar surface area (TPSA) is 38.8 Å². The van der Waals surface area contributed by atoms with Crippen molar-refractivity contribution in [3.63, 3.8) is 0 Å². The van der Waals surface area contributed by atoms with Gasteiger partial charge in [-0.15, -0.1) is 0 Å². The summed E-state index contributed by atoms with van der Waals surface area (Å²) in [6.07, 6.45) is 3.53. The van der Waals surface area contributed by atoms with Gasteiger partial charge in [0.1, 0.15) is 6.10 Å². The Labute approximate surface area is 85.1 Å². The molecule has 0 aromatic carbocycles. The number of rotatable bonds is 3. The van der Waals surface area contributed by atoms with Gasteiger partial charge < -0.3 is 9.47 Å². The fourth-order valence-electron chi connectivity index (χ4n) is 1.33. The fraction of sp³-hybridized carbons (Fsp3) is 0.727. The minimum absolute atomic E-state index is 0.0828. The maximum absolute atomic E-state index is 11.0. The van der Waals surface area contributed by atoms with Crippen molar-refractivity contribution in [2.24, 2.45) is 5.41 Å². The standard InChI is InChI=1S/C11H18O3/c1-5-13-9(12)7-6-8-10(14-8)11(2,3)4/h6-8,10H,5H2,1-4H3/b7-6+. The molecule has 1 rings (SSSR count). The normalized spacial score (nSPS) is 26.6. The average molecular weight is 198 g/mol. The lowest BCUT2D eigenvalue weighted by Gasteiger charge is -2.13. The molecule has 0 radical (unpaired) electrons. The van der Waals surface area contributed by atoms with E-state index in [1.54, 1.807) is 13.0 Å². The van der Waals surface area contributed by atoms with Crippen LogP contribution in [0.3, 0.4) is 0 Å². The van der Waals surface area contributed by atoms with E-state index in [0.29, 0.717) is 6.61 Å². The number of hydrogen-bond donors (Lipinski definition) is 0. The summed E-state index contributed by atoms with van der Waals surface area (Å²) in [5.41, 5.74) is 0.143. The molecule has 3 nitrogen and oxygen atoms in total. The van der Waals surface area contributed by atoms with Crippen LogP contribution in [0, 0.1) is 5.41 Å². The van der Waals surface area contributed by atoms with Gasteiger partial charge in [-0.3, -0.25) is 0 Å². The Hall–Kier alpha value is -0.830. The molecule has 0 aliphatic carbocycles. The van der Waals surface area contributed by atoms with Gasteiger partial charge in [-0.25, -0.2) is 4.79 Å². The average Bonchev–Trinajstić information content (AvgIpc) is 2.79. The third kappa shape index (κ3) is 3.14. The minimum Gasteiger partial charge on any atom is -0.463 e. The predicted molar refractivity (Wildman–Crippen MR) is 53.9 cm³/mol. The summed E-state index contributed by atoms with van der Waals surface area (Å²) in [6.45, 7) is 8.57. The summed E-state index contributed by atoms with van der Waals surface area (Å²) in [5, 5.41) is 0. The molecule has 1 aliphatic rings. The first kappa shape index (κ1) is 11.2. The van der Waals surface area contributed by atoms with Crippen molar-refractivity contribution in [3.05, 3.63) is 12.2 Å². The molecule has 0 bridgehead atoms. The van der Waals surface area contributed by atoms with Gasteiger partial charge in [0.15, 0.2) is 0 Å². The molecular formula is C11H18O3. The molecule has 3 heteroatoms. The van der Waals surface area contributed by atoms with Crippen LogP contribution in [0.1, 0.15) is 27.7 Å². The second kappa shape index (κ2) is 4.13. The maximum Gasteiger partial charge on any atom is 0.330 e. The van der Waals surface area contributed by atoms with E-state index in [-0.39, 0.29) is 23.6 Å². The van der Waals surface area contributed by atoms with Crippen molar-refractivity contribution < 1.29 is 14.3 Å². The minimum atomic E-state index is -0.296. The highest BCUT2D eigenvalue weighted by atomic mass is 16.6. The zero-order valence-electron chi connectivity index (χ0n) is 9.24. The highest BCUT2D eigenvalue weighted by molar-refractivity contribution is 5.82. The molecule has 2 atom stereocenters. The van der Waals surface area contributed by atoms with Crippen LogP contribution >= 0.6 is 0 Å². The summed E-state index contributed by atoms with van der Waals surface area (Å²) >= 11 is 0. The van der Waals surface area contributed by atoms with Gasteiger partial charge in [-0.2, -0.15) is 0 Å². The summed E-state index contributed by atoms with van der Waals surface area (Å²) in [6, 6.07) is 0. The van der Waals surface area contributed by atoms with Crippen molar-refractivity contribution >= 4 is 5.97 Å². The largest absolute Gasteiger partial charge is 0.463 e. The third-order valence-corrected chi connectivity index (χ3v) is 2.09. The summed E-state index contributed by atoms with van der Waals surface area (Å²) in [5.74, 6) is -0.296. The molecule has 0 saturated carbocycles. The molecule has 0 aromatic rings. The molecule has 1 fully saturated rings. The highest BCUT2D eigenvalue weighted by Crippen LogP contribution is 2.38. The molecule has 14 heavy (non-hydrogen) atoms. The molecular weight excluding hydrogens is 180 g/mol. The second-order valence-corrected chi connectivity index (χ2v) is 4.50. The van der Waals surface area contributed by atoms with E-state index < -0.39 is 0 Å². The number of ether oxygens (including phenoxy) is 2. The molecule has 1 heterocycles. The van der Waals surface area contributed by atoms with E-state index >= 15 is 0 Å². The first-order valence-electron chi connectivity index (χ1n) is 4.95. The Balaban J connectivity index is 2.32. The maximum atomic E-state index is 11.0. The molecule has 80 valence electrons. The smallest absolute Gasteiger partial charge is 0.330 e. The summed E-state index contributed by atoms with van der Waals surface area (Å²) in [4.78, 5) is 11.0. The Kier molecular flexibility index (Phi) is 3.32. The number of hydrogen-bond acceptors (Lipinski definition) is 3. The van der Waals surface area contributed by atoms with Crippen molar-refractivity contribution in [3.8, 4) is 0 Å². The highest BCUT2D eigenvalue weighted by Gasteiger charge is 2.45. The number of esters is 1. The molecule has 2 unspecified atom stereocenters. The Morgan fingerprint density at radius 2 is 2.14 bits per heavy atom. The number of epoxide rings is 1. The van der Waals surface area contributed by atoms with Crippen LogP contribution in [0.4, 0.5) is 0 Å². The quantitative estimate of drug-likeness (QED) is 0.395. The van der Waals surface area contributed by atoms with E-state index in [0.717, 1.165) is 0 Å². The molecule has 0 amide bonds. The monoisotopic (exact) mass is 198 g/mol. The van der Waals surface area contributed by atoms with Gasteiger partial charge in [-0.05, 0) is 18.4 Å². The van der Waals surface area contributed by atoms with Crippen LogP contribution < -0.4 is 0 Å². The molecule has 0 aromatic heterocycles. The number of carbonyl (C=O) groups is 1. The van der Waals surface area contributed by atoms with Gasteiger partial charge in [0.25, 0.3) is 0 Å². The zero-order chi connectivity index (χ0) is 10.8. The molecule has 0 spiro atoms. The van der Waals surface area contributed by atoms with Gasteiger partial charge in [0.05, 0.1) is 12.7 Å². The third-order valence-electron chi connectivity index (χ3n) is 2.09. The van der Waals surface area contributed by atoms with Crippen LogP contribution in [0.15, 0.2) is 12.2 Å². The second-order valence-electron chi connectivity index (χ2n) is 4.50.